The van der Waals surface area contributed by atoms with Gasteiger partial charge in [-0.3, -0.25) is 4.79 Å². The minimum absolute atomic E-state index is 0.0212. The number of rotatable bonds is 10. The van der Waals surface area contributed by atoms with Crippen LogP contribution in [0.15, 0.2) is 71.6 Å². The highest BCUT2D eigenvalue weighted by Gasteiger charge is 2.38. The number of nitrogens with one attached hydrogen (secondary N) is 3. The number of nitrogens with two attached hydrogens (primary N) is 1. The first kappa shape index (κ1) is 33.5. The summed E-state index contributed by atoms with van der Waals surface area (Å²) in [6.07, 6.45) is -5.17. The van der Waals surface area contributed by atoms with Crippen LogP contribution in [0.5, 0.6) is 11.5 Å². The molecule has 0 saturated carbocycles. The van der Waals surface area contributed by atoms with Gasteiger partial charge in [-0.1, -0.05) is 24.3 Å². The number of aromatic nitrogens is 2. The van der Waals surface area contributed by atoms with Gasteiger partial charge in [0, 0.05) is 5.69 Å². The largest absolute Gasteiger partial charge is 0.490 e. The van der Waals surface area contributed by atoms with Crippen LogP contribution in [0.3, 0.4) is 0 Å². The molecule has 0 saturated heterocycles. The molecule has 12 nitrogen and oxygen atoms in total. The Morgan fingerprint density at radius 2 is 1.70 bits per heavy atom. The average molecular weight is 638 g/mol. The van der Waals surface area contributed by atoms with Crippen molar-refractivity contribution >= 4 is 44.6 Å². The maximum Gasteiger partial charge on any atom is 0.490 e. The zero-order chi connectivity index (χ0) is 32.7. The van der Waals surface area contributed by atoms with Gasteiger partial charge >= 0.3 is 12.1 Å². The normalized spacial score (nSPS) is 12.2. The molecule has 0 aliphatic heterocycles. The van der Waals surface area contributed by atoms with Crippen molar-refractivity contribution in [2.24, 2.45) is 0 Å². The lowest BCUT2D eigenvalue weighted by Crippen LogP contribution is -2.37. The first-order valence-electron chi connectivity index (χ1n) is 13.0. The van der Waals surface area contributed by atoms with Crippen molar-refractivity contribution in [1.29, 1.82) is 0 Å². The number of nitrogen functional groups attached to an aromatic ring is 1. The Labute approximate surface area is 250 Å². The van der Waals surface area contributed by atoms with Crippen LogP contribution in [0.1, 0.15) is 32.4 Å². The first-order valence-corrected chi connectivity index (χ1v) is 14.5. The van der Waals surface area contributed by atoms with E-state index < -0.39 is 34.1 Å². The zero-order valence-electron chi connectivity index (χ0n) is 23.7. The monoisotopic (exact) mass is 637 g/mol. The molecule has 44 heavy (non-hydrogen) atoms. The number of imidazole rings is 1. The fraction of sp³-hybridized carbons (Fsp3) is 0.250. The van der Waals surface area contributed by atoms with E-state index in [9.17, 15) is 26.4 Å². The molecule has 0 spiro atoms. The second kappa shape index (κ2) is 14.0. The number of anilines is 2. The third kappa shape index (κ3) is 9.00. The molecule has 0 radical (unpaired) electrons. The molecule has 1 amide bonds. The van der Waals surface area contributed by atoms with Crippen LogP contribution in [0.25, 0.3) is 11.0 Å². The van der Waals surface area contributed by atoms with Gasteiger partial charge in [-0.05, 0) is 68.8 Å². The zero-order valence-corrected chi connectivity index (χ0v) is 24.5. The van der Waals surface area contributed by atoms with Crippen LogP contribution in [0.4, 0.5) is 24.8 Å². The van der Waals surface area contributed by atoms with Crippen molar-refractivity contribution < 1.29 is 45.8 Å². The fourth-order valence-electron chi connectivity index (χ4n) is 3.76. The number of hydrogen-bond donors (Lipinski definition) is 5. The number of carboxylic acids is 1. The number of hydrogen-bond acceptors (Lipinski definition) is 9. The highest BCUT2D eigenvalue weighted by Crippen LogP contribution is 2.33. The number of aromatic amines is 1. The Kier molecular flexibility index (Phi) is 10.7. The second-order valence-corrected chi connectivity index (χ2v) is 11.0. The van der Waals surface area contributed by atoms with Gasteiger partial charge in [0.05, 0.1) is 28.6 Å². The SMILES string of the molecule is CCOc1cc(C(Nc2ccc3nc(N)[nH]c3c2)C(=O)NS(=O)(=O)c2ccccc2)ccc1OC(C)C.O=C(O)C(F)(F)F. The predicted molar refractivity (Wildman–Crippen MR) is 156 cm³/mol. The number of fused-ring (bicyclic) bond motifs is 1. The Hall–Kier alpha value is -4.99. The van der Waals surface area contributed by atoms with E-state index in [1.54, 1.807) is 54.6 Å². The number of halogens is 3. The highest BCUT2D eigenvalue weighted by atomic mass is 32.2. The number of alkyl halides is 3. The van der Waals surface area contributed by atoms with Crippen molar-refractivity contribution in [3.05, 3.63) is 72.3 Å². The lowest BCUT2D eigenvalue weighted by Gasteiger charge is -2.22. The molecule has 1 unspecified atom stereocenters. The molecule has 16 heteroatoms. The number of sulfonamides is 1. The molecule has 236 valence electrons. The number of nitrogens with zero attached hydrogens (tertiary/aromatic N) is 1. The van der Waals surface area contributed by atoms with Gasteiger partial charge in [-0.2, -0.15) is 13.2 Å². The Morgan fingerprint density at radius 3 is 2.30 bits per heavy atom. The van der Waals surface area contributed by atoms with Crippen LogP contribution < -0.4 is 25.2 Å². The van der Waals surface area contributed by atoms with Gasteiger partial charge in [0.2, 0.25) is 0 Å². The van der Waals surface area contributed by atoms with E-state index in [1.165, 1.54) is 12.1 Å². The standard InChI is InChI=1S/C26H29N5O5S.C2HF3O2/c1-4-35-23-14-17(10-13-22(23)36-16(2)3)24(25(32)31-37(33,34)19-8-6-5-7-9-19)28-18-11-12-20-21(15-18)30-26(27)29-20;3-2(4,5)1(6)7/h5-16,24,28H,4H2,1-3H3,(H,31,32)(H3,27,29,30);(H,6,7). The Balaban J connectivity index is 0.000000676. The summed E-state index contributed by atoms with van der Waals surface area (Å²) in [5.41, 5.74) is 8.10. The summed E-state index contributed by atoms with van der Waals surface area (Å²) in [5.74, 6) is -2.31. The molecule has 1 aromatic heterocycles. The van der Waals surface area contributed by atoms with Gasteiger partial charge in [0.1, 0.15) is 6.04 Å². The average Bonchev–Trinajstić information content (AvgIpc) is 3.32. The molecule has 0 aliphatic carbocycles. The molecule has 1 atom stereocenters. The first-order chi connectivity index (χ1) is 20.6. The Morgan fingerprint density at radius 1 is 1.05 bits per heavy atom. The number of aliphatic carboxylic acids is 1. The molecule has 3 aromatic carbocycles. The summed E-state index contributed by atoms with van der Waals surface area (Å²) in [5, 5.41) is 10.3. The van der Waals surface area contributed by atoms with Gasteiger partial charge in [-0.25, -0.2) is 22.9 Å². The smallest absolute Gasteiger partial charge is 0.490 e. The number of carbonyl (C=O) groups is 2. The topological polar surface area (TPSA) is 186 Å². The Bertz CT molecular complexity index is 1710. The summed E-state index contributed by atoms with van der Waals surface area (Å²) in [6.45, 7) is 6.01. The van der Waals surface area contributed by atoms with Gasteiger partial charge < -0.3 is 30.6 Å². The molecule has 4 rings (SSSR count). The van der Waals surface area contributed by atoms with Crippen molar-refractivity contribution in [1.82, 2.24) is 14.7 Å². The number of carboxylic acid groups (broad SMARTS) is 1. The van der Waals surface area contributed by atoms with Crippen molar-refractivity contribution in [2.75, 3.05) is 17.7 Å². The quantitative estimate of drug-likeness (QED) is 0.164. The van der Waals surface area contributed by atoms with Crippen LogP contribution >= 0.6 is 0 Å². The van der Waals surface area contributed by atoms with Gasteiger partial charge in [0.15, 0.2) is 17.4 Å². The van der Waals surface area contributed by atoms with Crippen molar-refractivity contribution in [3.63, 3.8) is 0 Å². The maximum atomic E-state index is 13.5. The summed E-state index contributed by atoms with van der Waals surface area (Å²) < 4.78 is 71.4. The predicted octanol–water partition coefficient (Wildman–Crippen LogP) is 4.62. The van der Waals surface area contributed by atoms with Crippen LogP contribution in [0, 0.1) is 0 Å². The minimum atomic E-state index is -5.08. The summed E-state index contributed by atoms with van der Waals surface area (Å²) in [6, 6.07) is 16.9. The molecule has 0 bridgehead atoms. The molecule has 4 aromatic rings. The van der Waals surface area contributed by atoms with Crippen molar-refractivity contribution in [3.8, 4) is 11.5 Å². The van der Waals surface area contributed by atoms with E-state index >= 15 is 0 Å². The van der Waals surface area contributed by atoms with E-state index in [1.807, 2.05) is 20.8 Å². The molecule has 6 N–H and O–H groups in total. The minimum Gasteiger partial charge on any atom is -0.490 e. The van der Waals surface area contributed by atoms with E-state index in [0.717, 1.165) is 0 Å². The van der Waals surface area contributed by atoms with E-state index in [4.69, 9.17) is 25.1 Å². The van der Waals surface area contributed by atoms with Gasteiger partial charge in [-0.15, -0.1) is 0 Å². The summed E-state index contributed by atoms with van der Waals surface area (Å²) in [4.78, 5) is 29.5. The van der Waals surface area contributed by atoms with Crippen LogP contribution in [0.2, 0.25) is 0 Å². The summed E-state index contributed by atoms with van der Waals surface area (Å²) >= 11 is 0. The van der Waals surface area contributed by atoms with E-state index in [-0.39, 0.29) is 16.9 Å². The lowest BCUT2D eigenvalue weighted by molar-refractivity contribution is -0.192. The lowest BCUT2D eigenvalue weighted by atomic mass is 10.0. The molecular formula is C28H30F3N5O7S. The number of amides is 1. The number of ether oxygens (including phenoxy) is 2. The molecule has 1 heterocycles. The summed E-state index contributed by atoms with van der Waals surface area (Å²) in [7, 11) is -4.11. The second-order valence-electron chi connectivity index (χ2n) is 9.32. The number of H-pyrrole nitrogens is 1. The van der Waals surface area contributed by atoms with Crippen LogP contribution in [-0.2, 0) is 19.6 Å². The third-order valence-electron chi connectivity index (χ3n) is 5.57. The number of benzene rings is 3. The number of carbonyl (C=O) groups excluding carboxylic acids is 1. The molecule has 0 aliphatic rings. The fourth-order valence-corrected chi connectivity index (χ4v) is 4.78. The molecule has 0 fully saturated rings. The highest BCUT2D eigenvalue weighted by molar-refractivity contribution is 7.90. The van der Waals surface area contributed by atoms with E-state index in [0.29, 0.717) is 40.4 Å². The van der Waals surface area contributed by atoms with Crippen molar-refractivity contribution in [2.45, 2.75) is 44.0 Å². The third-order valence-corrected chi connectivity index (χ3v) is 6.93. The molecular weight excluding hydrogens is 607 g/mol. The maximum absolute atomic E-state index is 13.5. The van der Waals surface area contributed by atoms with E-state index in [2.05, 4.69) is 20.0 Å². The van der Waals surface area contributed by atoms with Crippen LogP contribution in [-0.4, -0.2) is 54.3 Å². The van der Waals surface area contributed by atoms with Gasteiger partial charge in [0.25, 0.3) is 15.9 Å².